The summed E-state index contributed by atoms with van der Waals surface area (Å²) < 4.78 is 24.7. The quantitative estimate of drug-likeness (QED) is 0.177. The van der Waals surface area contributed by atoms with E-state index < -0.39 is 0 Å². The molecule has 3 unspecified atom stereocenters. The number of rotatable bonds is 14. The van der Waals surface area contributed by atoms with Crippen molar-refractivity contribution < 1.29 is 18.9 Å². The van der Waals surface area contributed by atoms with Crippen LogP contribution in [0.3, 0.4) is 0 Å². The smallest absolute Gasteiger partial charge is 0.119 e. The number of hydrogen-bond acceptors (Lipinski definition) is 5. The fraction of sp³-hybridized carbons (Fsp3) is 0.371. The summed E-state index contributed by atoms with van der Waals surface area (Å²) in [5.41, 5.74) is 3.60. The molecule has 5 rings (SSSR count). The molecular formula is C35H41NO4. The van der Waals surface area contributed by atoms with Crippen molar-refractivity contribution >= 4 is 10.8 Å². The Hall–Kier alpha value is -3.22. The average Bonchev–Trinajstić information content (AvgIpc) is 3.01. The number of benzene rings is 4. The zero-order chi connectivity index (χ0) is 27.4. The molecule has 40 heavy (non-hydrogen) atoms. The molecule has 0 radical (unpaired) electrons. The number of hydrogen-bond donors (Lipinski definition) is 1. The normalized spacial score (nSPS) is 19.1. The fourth-order valence-electron chi connectivity index (χ4n) is 5.32. The molecular weight excluding hydrogens is 498 g/mol. The van der Waals surface area contributed by atoms with Crippen LogP contribution in [0.4, 0.5) is 0 Å². The molecule has 0 spiro atoms. The maximum atomic E-state index is 6.57. The van der Waals surface area contributed by atoms with Gasteiger partial charge >= 0.3 is 0 Å². The van der Waals surface area contributed by atoms with Gasteiger partial charge in [0.1, 0.15) is 5.75 Å². The topological polar surface area (TPSA) is 49.0 Å². The van der Waals surface area contributed by atoms with Gasteiger partial charge in [-0.05, 0) is 52.1 Å². The van der Waals surface area contributed by atoms with E-state index in [1.54, 1.807) is 0 Å². The Morgan fingerprint density at radius 1 is 0.675 bits per heavy atom. The van der Waals surface area contributed by atoms with E-state index in [1.807, 2.05) is 18.2 Å². The average molecular weight is 540 g/mol. The standard InChI is InChI=1S/C35H41NO4/c1-2-19-39-33-23-36-24-34(40-26-28-13-14-29-11-6-7-12-31(29)22-28)35(33)30-15-17-32(18-16-30)38-21-8-20-37-25-27-9-4-3-5-10-27/h3-7,9-18,22,33-36H,2,8,19-21,23-26H2,1H3. The molecule has 4 aromatic carbocycles. The van der Waals surface area contributed by atoms with Crippen molar-refractivity contribution in [2.45, 2.75) is 51.1 Å². The van der Waals surface area contributed by atoms with E-state index in [1.165, 1.54) is 27.5 Å². The van der Waals surface area contributed by atoms with Gasteiger partial charge in [-0.1, -0.05) is 85.8 Å². The molecule has 1 saturated heterocycles. The highest BCUT2D eigenvalue weighted by Crippen LogP contribution is 2.32. The first-order chi connectivity index (χ1) is 19.8. The third-order valence-corrected chi connectivity index (χ3v) is 7.38. The Labute approximate surface area is 238 Å². The van der Waals surface area contributed by atoms with Crippen LogP contribution in [0.15, 0.2) is 97.1 Å². The summed E-state index contributed by atoms with van der Waals surface area (Å²) in [5.74, 6) is 1.02. The van der Waals surface area contributed by atoms with Gasteiger partial charge in [-0.15, -0.1) is 0 Å². The van der Waals surface area contributed by atoms with E-state index in [-0.39, 0.29) is 18.1 Å². The Kier molecular flexibility index (Phi) is 10.6. The third kappa shape index (κ3) is 7.92. The molecule has 1 fully saturated rings. The lowest BCUT2D eigenvalue weighted by molar-refractivity contribution is -0.0597. The number of piperidine rings is 1. The number of nitrogens with one attached hydrogen (secondary N) is 1. The maximum absolute atomic E-state index is 6.57. The number of ether oxygens (including phenoxy) is 4. The van der Waals surface area contributed by atoms with Gasteiger partial charge in [0.05, 0.1) is 38.6 Å². The molecule has 0 saturated carbocycles. The van der Waals surface area contributed by atoms with Crippen LogP contribution in [0, 0.1) is 0 Å². The SMILES string of the molecule is CCCOC1CNCC(OCc2ccc3ccccc3c2)C1c1ccc(OCCCOCc2ccccc2)cc1. The van der Waals surface area contributed by atoms with Crippen molar-refractivity contribution in [2.75, 3.05) is 32.9 Å². The van der Waals surface area contributed by atoms with Crippen LogP contribution in [0.2, 0.25) is 0 Å². The van der Waals surface area contributed by atoms with Crippen molar-refractivity contribution in [3.8, 4) is 5.75 Å². The van der Waals surface area contributed by atoms with Gasteiger partial charge < -0.3 is 24.3 Å². The van der Waals surface area contributed by atoms with Gasteiger partial charge in [0, 0.05) is 32.0 Å². The van der Waals surface area contributed by atoms with Gasteiger partial charge in [0.15, 0.2) is 0 Å². The second-order valence-electron chi connectivity index (χ2n) is 10.4. The van der Waals surface area contributed by atoms with E-state index in [0.29, 0.717) is 26.4 Å². The first-order valence-corrected chi connectivity index (χ1v) is 14.6. The van der Waals surface area contributed by atoms with Crippen molar-refractivity contribution in [1.29, 1.82) is 0 Å². The first kappa shape index (κ1) is 28.3. The highest BCUT2D eigenvalue weighted by molar-refractivity contribution is 5.82. The lowest BCUT2D eigenvalue weighted by atomic mass is 9.85. The summed E-state index contributed by atoms with van der Waals surface area (Å²) in [6.45, 7) is 7.02. The minimum atomic E-state index is 0.00982. The molecule has 0 aromatic heterocycles. The van der Waals surface area contributed by atoms with Crippen molar-refractivity contribution in [3.05, 3.63) is 114 Å². The van der Waals surface area contributed by atoms with Crippen LogP contribution < -0.4 is 10.1 Å². The van der Waals surface area contributed by atoms with E-state index in [9.17, 15) is 0 Å². The van der Waals surface area contributed by atoms with E-state index >= 15 is 0 Å². The molecule has 0 amide bonds. The minimum absolute atomic E-state index is 0.00982. The predicted octanol–water partition coefficient (Wildman–Crippen LogP) is 6.89. The largest absolute Gasteiger partial charge is 0.494 e. The Bertz CT molecular complexity index is 1290. The molecule has 210 valence electrons. The molecule has 1 aliphatic heterocycles. The highest BCUT2D eigenvalue weighted by Gasteiger charge is 2.36. The molecule has 1 heterocycles. The van der Waals surface area contributed by atoms with Gasteiger partial charge in [-0.25, -0.2) is 0 Å². The van der Waals surface area contributed by atoms with Crippen LogP contribution >= 0.6 is 0 Å². The summed E-state index contributed by atoms with van der Waals surface area (Å²) in [6, 6.07) is 33.7. The summed E-state index contributed by atoms with van der Waals surface area (Å²) in [4.78, 5) is 0. The summed E-state index contributed by atoms with van der Waals surface area (Å²) >= 11 is 0. The minimum Gasteiger partial charge on any atom is -0.494 e. The van der Waals surface area contributed by atoms with Crippen LogP contribution in [-0.4, -0.2) is 45.1 Å². The second kappa shape index (κ2) is 15.0. The molecule has 0 bridgehead atoms. The zero-order valence-corrected chi connectivity index (χ0v) is 23.5. The molecule has 5 nitrogen and oxygen atoms in total. The summed E-state index contributed by atoms with van der Waals surface area (Å²) in [5, 5.41) is 6.03. The van der Waals surface area contributed by atoms with Gasteiger partial charge in [0.25, 0.3) is 0 Å². The van der Waals surface area contributed by atoms with Crippen molar-refractivity contribution in [2.24, 2.45) is 0 Å². The molecule has 0 aliphatic carbocycles. The van der Waals surface area contributed by atoms with Gasteiger partial charge in [-0.2, -0.15) is 0 Å². The highest BCUT2D eigenvalue weighted by atomic mass is 16.5. The van der Waals surface area contributed by atoms with Gasteiger partial charge in [-0.3, -0.25) is 0 Å². The zero-order valence-electron chi connectivity index (χ0n) is 23.5. The van der Waals surface area contributed by atoms with Crippen LogP contribution in [-0.2, 0) is 27.4 Å². The molecule has 1 N–H and O–H groups in total. The van der Waals surface area contributed by atoms with Crippen LogP contribution in [0.1, 0.15) is 42.4 Å². The summed E-state index contributed by atoms with van der Waals surface area (Å²) in [7, 11) is 0. The fourth-order valence-corrected chi connectivity index (χ4v) is 5.32. The van der Waals surface area contributed by atoms with Crippen LogP contribution in [0.25, 0.3) is 10.8 Å². The van der Waals surface area contributed by atoms with E-state index in [2.05, 4.69) is 91.1 Å². The monoisotopic (exact) mass is 539 g/mol. The maximum Gasteiger partial charge on any atom is 0.119 e. The lowest BCUT2D eigenvalue weighted by Gasteiger charge is -2.38. The van der Waals surface area contributed by atoms with Crippen molar-refractivity contribution in [3.63, 3.8) is 0 Å². The number of fused-ring (bicyclic) bond motifs is 1. The summed E-state index contributed by atoms with van der Waals surface area (Å²) in [6.07, 6.45) is 1.91. The van der Waals surface area contributed by atoms with Crippen molar-refractivity contribution in [1.82, 2.24) is 5.32 Å². The molecule has 1 aliphatic rings. The molecule has 5 heteroatoms. The van der Waals surface area contributed by atoms with E-state index in [4.69, 9.17) is 18.9 Å². The molecule has 4 aromatic rings. The Balaban J connectivity index is 1.17. The predicted molar refractivity (Wildman–Crippen MR) is 161 cm³/mol. The second-order valence-corrected chi connectivity index (χ2v) is 10.4. The Morgan fingerprint density at radius 2 is 1.43 bits per heavy atom. The first-order valence-electron chi connectivity index (χ1n) is 14.6. The molecule has 3 atom stereocenters. The third-order valence-electron chi connectivity index (χ3n) is 7.38. The van der Waals surface area contributed by atoms with Gasteiger partial charge in [0.2, 0.25) is 0 Å². The van der Waals surface area contributed by atoms with E-state index in [0.717, 1.165) is 38.3 Å². The lowest BCUT2D eigenvalue weighted by Crippen LogP contribution is -2.50. The Morgan fingerprint density at radius 3 is 2.23 bits per heavy atom. The van der Waals surface area contributed by atoms with Crippen LogP contribution in [0.5, 0.6) is 5.75 Å².